The van der Waals surface area contributed by atoms with Crippen molar-refractivity contribution in [2.45, 2.75) is 26.4 Å². The molecule has 3 rings (SSSR count). The molecular formula is C20H22N4O4. The molecule has 0 unspecified atom stereocenters. The van der Waals surface area contributed by atoms with Gasteiger partial charge in [0.25, 0.3) is 5.56 Å². The number of rotatable bonds is 6. The highest BCUT2D eigenvalue weighted by Crippen LogP contribution is 2.32. The van der Waals surface area contributed by atoms with E-state index in [-0.39, 0.29) is 6.54 Å². The standard InChI is InChI=1S/C20H22N4O4/c1-6-10-23-18-16(19(25)24(11-7-2)20(23)26)22(3)17(21-18)13-8-9-14(27-4)15(12-13)28-5/h2,8-9,12H,6,10-11H2,1,3-5H3. The predicted octanol–water partition coefficient (Wildman–Crippen LogP) is 1.62. The molecule has 28 heavy (non-hydrogen) atoms. The van der Waals surface area contributed by atoms with Crippen molar-refractivity contribution in [2.24, 2.45) is 7.05 Å². The molecular weight excluding hydrogens is 360 g/mol. The van der Waals surface area contributed by atoms with Gasteiger partial charge >= 0.3 is 5.69 Å². The van der Waals surface area contributed by atoms with Crippen LogP contribution in [-0.2, 0) is 20.1 Å². The van der Waals surface area contributed by atoms with E-state index in [1.54, 1.807) is 38.0 Å². The van der Waals surface area contributed by atoms with Crippen LogP contribution in [0.2, 0.25) is 0 Å². The number of ether oxygens (including phenoxy) is 2. The third kappa shape index (κ3) is 2.95. The molecule has 0 amide bonds. The lowest BCUT2D eigenvalue weighted by molar-refractivity contribution is 0.355. The first-order valence-electron chi connectivity index (χ1n) is 8.84. The van der Waals surface area contributed by atoms with Gasteiger partial charge in [0.15, 0.2) is 22.7 Å². The largest absolute Gasteiger partial charge is 0.493 e. The van der Waals surface area contributed by atoms with Gasteiger partial charge in [-0.3, -0.25) is 9.36 Å². The summed E-state index contributed by atoms with van der Waals surface area (Å²) in [6, 6.07) is 5.37. The van der Waals surface area contributed by atoms with Crippen molar-refractivity contribution in [3.63, 3.8) is 0 Å². The zero-order chi connectivity index (χ0) is 20.4. The van der Waals surface area contributed by atoms with Crippen LogP contribution in [0.3, 0.4) is 0 Å². The lowest BCUT2D eigenvalue weighted by atomic mass is 10.2. The molecule has 0 aliphatic rings. The van der Waals surface area contributed by atoms with Crippen molar-refractivity contribution in [1.82, 2.24) is 18.7 Å². The molecule has 0 fully saturated rings. The van der Waals surface area contributed by atoms with Crippen molar-refractivity contribution in [1.29, 1.82) is 0 Å². The summed E-state index contributed by atoms with van der Waals surface area (Å²) >= 11 is 0. The first-order chi connectivity index (χ1) is 13.5. The molecule has 8 heteroatoms. The van der Waals surface area contributed by atoms with E-state index in [2.05, 4.69) is 10.9 Å². The van der Waals surface area contributed by atoms with Gasteiger partial charge in [-0.2, -0.15) is 0 Å². The van der Waals surface area contributed by atoms with Crippen LogP contribution in [0.15, 0.2) is 27.8 Å². The minimum Gasteiger partial charge on any atom is -0.493 e. The fourth-order valence-corrected chi connectivity index (χ4v) is 3.25. The number of hydrogen-bond acceptors (Lipinski definition) is 5. The number of aryl methyl sites for hydroxylation is 2. The van der Waals surface area contributed by atoms with Gasteiger partial charge in [0, 0.05) is 19.2 Å². The maximum absolute atomic E-state index is 12.9. The number of methoxy groups -OCH3 is 2. The summed E-state index contributed by atoms with van der Waals surface area (Å²) in [6.07, 6.45) is 6.07. The number of imidazole rings is 1. The van der Waals surface area contributed by atoms with Gasteiger partial charge in [-0.1, -0.05) is 12.8 Å². The molecule has 0 saturated heterocycles. The quantitative estimate of drug-likeness (QED) is 0.606. The lowest BCUT2D eigenvalue weighted by Crippen LogP contribution is -2.40. The second-order valence-corrected chi connectivity index (χ2v) is 6.27. The summed E-state index contributed by atoms with van der Waals surface area (Å²) in [5, 5.41) is 0. The van der Waals surface area contributed by atoms with Crippen LogP contribution >= 0.6 is 0 Å². The van der Waals surface area contributed by atoms with E-state index < -0.39 is 11.2 Å². The smallest absolute Gasteiger partial charge is 0.333 e. The van der Waals surface area contributed by atoms with Crippen molar-refractivity contribution in [3.05, 3.63) is 39.0 Å². The van der Waals surface area contributed by atoms with Crippen LogP contribution < -0.4 is 20.7 Å². The van der Waals surface area contributed by atoms with E-state index in [1.165, 1.54) is 4.57 Å². The molecule has 8 nitrogen and oxygen atoms in total. The van der Waals surface area contributed by atoms with E-state index in [0.717, 1.165) is 10.1 Å². The van der Waals surface area contributed by atoms with Gasteiger partial charge in [0.1, 0.15) is 5.82 Å². The van der Waals surface area contributed by atoms with E-state index in [0.29, 0.717) is 41.5 Å². The molecule has 1 aromatic carbocycles. The Balaban J connectivity index is 2.36. The van der Waals surface area contributed by atoms with Crippen molar-refractivity contribution >= 4 is 11.2 Å². The molecule has 3 aromatic rings. The first-order valence-corrected chi connectivity index (χ1v) is 8.84. The summed E-state index contributed by atoms with van der Waals surface area (Å²) < 4.78 is 14.9. The maximum Gasteiger partial charge on any atom is 0.333 e. The highest BCUT2D eigenvalue weighted by molar-refractivity contribution is 5.77. The van der Waals surface area contributed by atoms with Crippen LogP contribution in [0.5, 0.6) is 11.5 Å². The van der Waals surface area contributed by atoms with Gasteiger partial charge in [0.2, 0.25) is 0 Å². The predicted molar refractivity (Wildman–Crippen MR) is 107 cm³/mol. The Morgan fingerprint density at radius 3 is 2.46 bits per heavy atom. The Labute approximate surface area is 162 Å². The van der Waals surface area contributed by atoms with Gasteiger partial charge in [0.05, 0.1) is 20.8 Å². The van der Waals surface area contributed by atoms with Gasteiger partial charge in [-0.05, 0) is 24.6 Å². The SMILES string of the molecule is C#CCn1c(=O)c2c(nc(-c3ccc(OC)c(OC)c3)n2C)n(CCC)c1=O. The van der Waals surface area contributed by atoms with Gasteiger partial charge in [-0.25, -0.2) is 14.3 Å². The minimum absolute atomic E-state index is 0.0891. The normalized spacial score (nSPS) is 10.8. The molecule has 0 aliphatic heterocycles. The third-order valence-corrected chi connectivity index (χ3v) is 4.58. The average Bonchev–Trinajstić information content (AvgIpc) is 3.05. The second-order valence-electron chi connectivity index (χ2n) is 6.27. The summed E-state index contributed by atoms with van der Waals surface area (Å²) in [5.74, 6) is 4.04. The van der Waals surface area contributed by atoms with Crippen molar-refractivity contribution in [2.75, 3.05) is 14.2 Å². The van der Waals surface area contributed by atoms with E-state index in [9.17, 15) is 9.59 Å². The zero-order valence-electron chi connectivity index (χ0n) is 16.4. The first kappa shape index (κ1) is 19.3. The average molecular weight is 382 g/mol. The van der Waals surface area contributed by atoms with Gasteiger partial charge in [-0.15, -0.1) is 6.42 Å². The second kappa shape index (κ2) is 7.64. The number of aromatic nitrogens is 4. The Bertz CT molecular complexity index is 1190. The third-order valence-electron chi connectivity index (χ3n) is 4.58. The summed E-state index contributed by atoms with van der Waals surface area (Å²) in [5.41, 5.74) is 0.501. The number of nitrogens with zero attached hydrogens (tertiary/aromatic N) is 4. The van der Waals surface area contributed by atoms with E-state index in [1.807, 2.05) is 13.0 Å². The number of terminal acetylenes is 1. The van der Waals surface area contributed by atoms with Crippen molar-refractivity contribution < 1.29 is 9.47 Å². The summed E-state index contributed by atoms with van der Waals surface area (Å²) in [4.78, 5) is 30.3. The fourth-order valence-electron chi connectivity index (χ4n) is 3.25. The molecule has 0 saturated carbocycles. The highest BCUT2D eigenvalue weighted by atomic mass is 16.5. The van der Waals surface area contributed by atoms with Crippen LogP contribution in [0, 0.1) is 12.3 Å². The van der Waals surface area contributed by atoms with E-state index in [4.69, 9.17) is 15.9 Å². The molecule has 146 valence electrons. The zero-order valence-corrected chi connectivity index (χ0v) is 16.4. The monoisotopic (exact) mass is 382 g/mol. The Morgan fingerprint density at radius 2 is 1.86 bits per heavy atom. The molecule has 0 radical (unpaired) electrons. The topological polar surface area (TPSA) is 80.3 Å². The maximum atomic E-state index is 12.9. The van der Waals surface area contributed by atoms with Crippen LogP contribution in [-0.4, -0.2) is 32.9 Å². The minimum atomic E-state index is -0.452. The number of benzene rings is 1. The molecule has 2 aromatic heterocycles. The molecule has 0 atom stereocenters. The summed E-state index contributed by atoms with van der Waals surface area (Å²) in [6.45, 7) is 2.30. The molecule has 0 spiro atoms. The fraction of sp³-hybridized carbons (Fsp3) is 0.350. The Hall–Kier alpha value is -3.47. The van der Waals surface area contributed by atoms with Crippen molar-refractivity contribution in [3.8, 4) is 35.2 Å². The number of fused-ring (bicyclic) bond motifs is 1. The molecule has 0 bridgehead atoms. The molecule has 0 aliphatic carbocycles. The van der Waals surface area contributed by atoms with E-state index >= 15 is 0 Å². The summed E-state index contributed by atoms with van der Waals surface area (Å²) in [7, 11) is 4.85. The molecule has 0 N–H and O–H groups in total. The lowest BCUT2D eigenvalue weighted by Gasteiger charge is -2.09. The molecule has 2 heterocycles. The van der Waals surface area contributed by atoms with Gasteiger partial charge < -0.3 is 14.0 Å². The van der Waals surface area contributed by atoms with Crippen LogP contribution in [0.4, 0.5) is 0 Å². The Kier molecular flexibility index (Phi) is 5.27. The van der Waals surface area contributed by atoms with Crippen LogP contribution in [0.1, 0.15) is 13.3 Å². The number of hydrogen-bond donors (Lipinski definition) is 0. The van der Waals surface area contributed by atoms with Crippen LogP contribution in [0.25, 0.3) is 22.6 Å². The Morgan fingerprint density at radius 1 is 1.14 bits per heavy atom. The highest BCUT2D eigenvalue weighted by Gasteiger charge is 2.21.